The van der Waals surface area contributed by atoms with Gasteiger partial charge in [0.15, 0.2) is 10.9 Å². The van der Waals surface area contributed by atoms with Crippen LogP contribution in [0.3, 0.4) is 0 Å². The Hall–Kier alpha value is -4.46. The van der Waals surface area contributed by atoms with Crippen LogP contribution in [0.4, 0.5) is 9.59 Å². The summed E-state index contributed by atoms with van der Waals surface area (Å²) in [5, 5.41) is 10.7. The number of aromatic nitrogens is 2. The van der Waals surface area contributed by atoms with Crippen molar-refractivity contribution in [3.8, 4) is 0 Å². The van der Waals surface area contributed by atoms with Gasteiger partial charge in [-0.05, 0) is 42.8 Å². The molecule has 170 valence electrons. The normalized spacial score (nSPS) is 11.4. The Morgan fingerprint density at radius 1 is 0.765 bits per heavy atom. The lowest BCUT2D eigenvalue weighted by atomic mass is 10.0. The molecule has 0 saturated carbocycles. The van der Waals surface area contributed by atoms with Crippen LogP contribution in [0.15, 0.2) is 70.3 Å². The molecule has 2 heterocycles. The first-order valence-corrected chi connectivity index (χ1v) is 10.9. The smallest absolute Gasteiger partial charge is 0.418 e. The highest BCUT2D eigenvalue weighted by molar-refractivity contribution is 6.09. The third-order valence-corrected chi connectivity index (χ3v) is 5.96. The van der Waals surface area contributed by atoms with Gasteiger partial charge >= 0.3 is 12.2 Å². The zero-order chi connectivity index (χ0) is 24.0. The SMILES string of the molecule is CCCCOC(=O)n1c2ccccc2c(=O)c2cc3c(cc21)c(=O)c1ccccc1n3C(=O)O. The Bertz CT molecular complexity index is 1760. The molecule has 5 aromatic rings. The van der Waals surface area contributed by atoms with Crippen molar-refractivity contribution in [2.45, 2.75) is 19.8 Å². The van der Waals surface area contributed by atoms with Gasteiger partial charge < -0.3 is 9.84 Å². The first-order valence-electron chi connectivity index (χ1n) is 10.9. The summed E-state index contributed by atoms with van der Waals surface area (Å²) in [5.41, 5.74) is 0.0512. The zero-order valence-corrected chi connectivity index (χ0v) is 18.3. The van der Waals surface area contributed by atoms with E-state index in [0.717, 1.165) is 11.0 Å². The molecule has 34 heavy (non-hydrogen) atoms. The van der Waals surface area contributed by atoms with Crippen LogP contribution in [-0.2, 0) is 4.74 Å². The second-order valence-corrected chi connectivity index (χ2v) is 8.00. The molecule has 5 rings (SSSR count). The molecule has 2 aromatic heterocycles. The van der Waals surface area contributed by atoms with Crippen LogP contribution >= 0.6 is 0 Å². The standard InChI is InChI=1S/C26H20N2O6/c1-2-3-12-34-26(33)28-20-11-7-5-9-16(20)24(30)18-13-21-17(14-22(18)28)23(29)15-8-4-6-10-19(15)27(21)25(31)32/h4-11,13-14H,2-3,12H2,1H3,(H,31,32). The van der Waals surface area contributed by atoms with E-state index in [4.69, 9.17) is 4.74 Å². The fourth-order valence-corrected chi connectivity index (χ4v) is 4.35. The third-order valence-electron chi connectivity index (χ3n) is 5.96. The van der Waals surface area contributed by atoms with Crippen molar-refractivity contribution in [2.24, 2.45) is 0 Å². The first kappa shape index (κ1) is 21.4. The first-order chi connectivity index (χ1) is 16.4. The maximum atomic E-state index is 13.4. The maximum absolute atomic E-state index is 13.4. The fourth-order valence-electron chi connectivity index (χ4n) is 4.35. The van der Waals surface area contributed by atoms with E-state index in [1.807, 2.05) is 6.92 Å². The number of para-hydroxylation sites is 2. The van der Waals surface area contributed by atoms with Crippen LogP contribution in [0.5, 0.6) is 0 Å². The highest BCUT2D eigenvalue weighted by Gasteiger charge is 2.21. The second kappa shape index (κ2) is 8.15. The minimum absolute atomic E-state index is 0.0713. The van der Waals surface area contributed by atoms with Crippen molar-refractivity contribution in [3.63, 3.8) is 0 Å². The number of fused-ring (bicyclic) bond motifs is 4. The van der Waals surface area contributed by atoms with Crippen LogP contribution in [-0.4, -0.2) is 33.0 Å². The lowest BCUT2D eigenvalue weighted by Gasteiger charge is -2.16. The quantitative estimate of drug-likeness (QED) is 0.305. The monoisotopic (exact) mass is 456 g/mol. The Kier molecular flexibility index (Phi) is 5.13. The predicted octanol–water partition coefficient (Wildman–Crippen LogP) is 4.93. The summed E-state index contributed by atoms with van der Waals surface area (Å²) in [4.78, 5) is 52.1. The molecule has 0 saturated heterocycles. The summed E-state index contributed by atoms with van der Waals surface area (Å²) in [5.74, 6) is 0. The van der Waals surface area contributed by atoms with Gasteiger partial charge in [-0.1, -0.05) is 37.6 Å². The number of hydrogen-bond donors (Lipinski definition) is 1. The molecule has 1 N–H and O–H groups in total. The van der Waals surface area contributed by atoms with E-state index in [-0.39, 0.29) is 50.1 Å². The molecule has 0 aliphatic heterocycles. The van der Waals surface area contributed by atoms with Crippen LogP contribution < -0.4 is 10.9 Å². The minimum Gasteiger partial charge on any atom is -0.464 e. The molecule has 0 unspecified atom stereocenters. The van der Waals surface area contributed by atoms with Crippen molar-refractivity contribution in [2.75, 3.05) is 6.61 Å². The van der Waals surface area contributed by atoms with Crippen molar-refractivity contribution in [1.82, 2.24) is 9.13 Å². The molecule has 0 spiro atoms. The lowest BCUT2D eigenvalue weighted by Crippen LogP contribution is -2.21. The molecular formula is C26H20N2O6. The second-order valence-electron chi connectivity index (χ2n) is 8.00. The third kappa shape index (κ3) is 3.14. The average Bonchev–Trinajstić information content (AvgIpc) is 2.84. The van der Waals surface area contributed by atoms with E-state index in [9.17, 15) is 24.3 Å². The molecule has 0 fully saturated rings. The number of unbranched alkanes of at least 4 members (excludes halogenated alkanes) is 1. The summed E-state index contributed by atoms with van der Waals surface area (Å²) in [6.07, 6.45) is -0.445. The van der Waals surface area contributed by atoms with E-state index in [2.05, 4.69) is 0 Å². The molecule has 3 aromatic carbocycles. The molecule has 8 heteroatoms. The molecule has 0 bridgehead atoms. The molecule has 0 radical (unpaired) electrons. The van der Waals surface area contributed by atoms with Gasteiger partial charge in [0.25, 0.3) is 0 Å². The fraction of sp³-hybridized carbons (Fsp3) is 0.154. The van der Waals surface area contributed by atoms with E-state index in [1.165, 1.54) is 22.8 Å². The summed E-state index contributed by atoms with van der Waals surface area (Å²) in [6, 6.07) is 15.8. The summed E-state index contributed by atoms with van der Waals surface area (Å²) in [7, 11) is 0. The van der Waals surface area contributed by atoms with Gasteiger partial charge in [0.1, 0.15) is 0 Å². The molecule has 0 amide bonds. The molecular weight excluding hydrogens is 436 g/mol. The number of hydrogen-bond acceptors (Lipinski definition) is 5. The molecule has 8 nitrogen and oxygen atoms in total. The Morgan fingerprint density at radius 2 is 1.26 bits per heavy atom. The van der Waals surface area contributed by atoms with Gasteiger partial charge in [0.2, 0.25) is 0 Å². The number of nitrogens with zero attached hydrogens (tertiary/aromatic N) is 2. The topological polar surface area (TPSA) is 108 Å². The highest BCUT2D eigenvalue weighted by atomic mass is 16.5. The van der Waals surface area contributed by atoms with Gasteiger partial charge in [0, 0.05) is 21.5 Å². The van der Waals surface area contributed by atoms with E-state index < -0.39 is 17.6 Å². The number of benzene rings is 3. The minimum atomic E-state index is -1.29. The van der Waals surface area contributed by atoms with E-state index in [0.29, 0.717) is 11.9 Å². The molecule has 0 atom stereocenters. The Balaban J connectivity index is 1.99. The molecule has 0 aliphatic carbocycles. The summed E-state index contributed by atoms with van der Waals surface area (Å²) < 4.78 is 7.71. The highest BCUT2D eigenvalue weighted by Crippen LogP contribution is 2.26. The number of carbonyl (C=O) groups is 2. The van der Waals surface area contributed by atoms with Crippen molar-refractivity contribution < 1.29 is 19.4 Å². The number of pyridine rings is 2. The largest absolute Gasteiger partial charge is 0.464 e. The predicted molar refractivity (Wildman–Crippen MR) is 130 cm³/mol. The summed E-state index contributed by atoms with van der Waals surface area (Å²) >= 11 is 0. The van der Waals surface area contributed by atoms with Crippen LogP contribution in [0.25, 0.3) is 43.6 Å². The van der Waals surface area contributed by atoms with Crippen molar-refractivity contribution >= 4 is 55.8 Å². The van der Waals surface area contributed by atoms with E-state index in [1.54, 1.807) is 42.5 Å². The number of ether oxygens (including phenoxy) is 1. The number of rotatable bonds is 3. The average molecular weight is 456 g/mol. The zero-order valence-electron chi connectivity index (χ0n) is 18.3. The van der Waals surface area contributed by atoms with Gasteiger partial charge in [0.05, 0.1) is 28.7 Å². The Labute approximate surface area is 192 Å². The van der Waals surface area contributed by atoms with Crippen LogP contribution in [0.2, 0.25) is 0 Å². The number of carbonyl (C=O) groups excluding carboxylic acids is 1. The maximum Gasteiger partial charge on any atom is 0.418 e. The van der Waals surface area contributed by atoms with E-state index >= 15 is 0 Å². The van der Waals surface area contributed by atoms with Crippen LogP contribution in [0.1, 0.15) is 19.8 Å². The van der Waals surface area contributed by atoms with Gasteiger partial charge in [-0.2, -0.15) is 0 Å². The van der Waals surface area contributed by atoms with Gasteiger partial charge in [-0.25, -0.2) is 18.7 Å². The van der Waals surface area contributed by atoms with Gasteiger partial charge in [-0.15, -0.1) is 0 Å². The Morgan fingerprint density at radius 3 is 1.79 bits per heavy atom. The van der Waals surface area contributed by atoms with Crippen molar-refractivity contribution in [1.29, 1.82) is 0 Å². The van der Waals surface area contributed by atoms with Crippen LogP contribution in [0, 0.1) is 0 Å². The summed E-state index contributed by atoms with van der Waals surface area (Å²) in [6.45, 7) is 2.18. The lowest BCUT2D eigenvalue weighted by molar-refractivity contribution is 0.148. The molecule has 0 aliphatic rings. The van der Waals surface area contributed by atoms with Crippen molar-refractivity contribution in [3.05, 3.63) is 81.1 Å². The van der Waals surface area contributed by atoms with Gasteiger partial charge in [-0.3, -0.25) is 9.59 Å². The number of carboxylic acid groups (broad SMARTS) is 1.